The van der Waals surface area contributed by atoms with E-state index in [9.17, 15) is 13.8 Å². The summed E-state index contributed by atoms with van der Waals surface area (Å²) in [5.74, 6) is 5.63. The summed E-state index contributed by atoms with van der Waals surface area (Å²) in [6.07, 6.45) is 5.87. The van der Waals surface area contributed by atoms with Gasteiger partial charge in [-0.15, -0.1) is 0 Å². The standard InChI is InChI=1S/C25H21N3O5S/c1-2-20-8-9-33-23(20)25(30)27-22-5-3-4-18(15-22)6-7-19-14-21(17-26-16-19)24(29)28-34(31)12-10-32-11-13-34/h2-5,8-9,14-17H,1,10-13H2,(H,27,30). The maximum Gasteiger partial charge on any atom is 0.291 e. The van der Waals surface area contributed by atoms with E-state index in [0.29, 0.717) is 35.6 Å². The van der Waals surface area contributed by atoms with Crippen LogP contribution in [0.1, 0.15) is 37.6 Å². The first-order chi connectivity index (χ1) is 16.5. The molecule has 1 aromatic carbocycles. The average molecular weight is 476 g/mol. The molecule has 1 saturated heterocycles. The van der Waals surface area contributed by atoms with Gasteiger partial charge in [0.25, 0.3) is 11.8 Å². The van der Waals surface area contributed by atoms with Gasteiger partial charge in [-0.05, 0) is 30.3 Å². The van der Waals surface area contributed by atoms with Gasteiger partial charge in [-0.1, -0.05) is 30.6 Å². The minimum Gasteiger partial charge on any atom is -0.459 e. The highest BCUT2D eigenvalue weighted by atomic mass is 32.2. The zero-order chi connectivity index (χ0) is 24.0. The van der Waals surface area contributed by atoms with Crippen LogP contribution in [-0.4, -0.2) is 45.7 Å². The molecule has 34 heavy (non-hydrogen) atoms. The Morgan fingerprint density at radius 2 is 1.91 bits per heavy atom. The van der Waals surface area contributed by atoms with Crippen LogP contribution in [0.5, 0.6) is 0 Å². The summed E-state index contributed by atoms with van der Waals surface area (Å²) < 4.78 is 27.0. The predicted octanol–water partition coefficient (Wildman–Crippen LogP) is 3.61. The summed E-state index contributed by atoms with van der Waals surface area (Å²) in [6.45, 7) is 4.32. The number of carbonyl (C=O) groups is 2. The first kappa shape index (κ1) is 23.2. The first-order valence-corrected chi connectivity index (χ1v) is 12.2. The third-order valence-corrected chi connectivity index (χ3v) is 7.03. The number of furan rings is 1. The smallest absolute Gasteiger partial charge is 0.291 e. The second-order valence-electron chi connectivity index (χ2n) is 7.35. The lowest BCUT2D eigenvalue weighted by molar-refractivity contribution is 0.0991. The van der Waals surface area contributed by atoms with Gasteiger partial charge in [-0.2, -0.15) is 4.36 Å². The number of nitrogens with one attached hydrogen (secondary N) is 1. The molecule has 3 aromatic rings. The van der Waals surface area contributed by atoms with Crippen molar-refractivity contribution in [3.63, 3.8) is 0 Å². The Balaban J connectivity index is 1.50. The third kappa shape index (κ3) is 5.67. The van der Waals surface area contributed by atoms with Gasteiger partial charge in [0.05, 0.1) is 46.3 Å². The molecule has 1 aliphatic heterocycles. The summed E-state index contributed by atoms with van der Waals surface area (Å²) in [4.78, 5) is 29.0. The van der Waals surface area contributed by atoms with Gasteiger partial charge < -0.3 is 14.5 Å². The van der Waals surface area contributed by atoms with Gasteiger partial charge in [-0.25, -0.2) is 4.21 Å². The summed E-state index contributed by atoms with van der Waals surface area (Å²) in [5, 5.41) is 2.77. The van der Waals surface area contributed by atoms with Crippen molar-refractivity contribution in [3.8, 4) is 11.8 Å². The quantitative estimate of drug-likeness (QED) is 0.577. The van der Waals surface area contributed by atoms with Crippen LogP contribution in [0.2, 0.25) is 0 Å². The molecule has 2 amide bonds. The molecule has 0 bridgehead atoms. The molecule has 1 fully saturated rings. The molecular formula is C25H21N3O5S. The normalized spacial score (nSPS) is 14.4. The van der Waals surface area contributed by atoms with Crippen molar-refractivity contribution in [3.05, 3.63) is 89.6 Å². The van der Waals surface area contributed by atoms with Crippen molar-refractivity contribution >= 4 is 33.3 Å². The second-order valence-corrected chi connectivity index (χ2v) is 9.89. The number of pyridine rings is 1. The van der Waals surface area contributed by atoms with Crippen molar-refractivity contribution in [2.45, 2.75) is 0 Å². The van der Waals surface area contributed by atoms with E-state index in [2.05, 4.69) is 33.1 Å². The summed E-state index contributed by atoms with van der Waals surface area (Å²) in [7, 11) is -2.60. The van der Waals surface area contributed by atoms with Crippen molar-refractivity contribution in [2.75, 3.05) is 30.0 Å². The van der Waals surface area contributed by atoms with E-state index in [1.807, 2.05) is 0 Å². The fourth-order valence-corrected chi connectivity index (χ4v) is 4.72. The van der Waals surface area contributed by atoms with Crippen LogP contribution in [0.4, 0.5) is 5.69 Å². The summed E-state index contributed by atoms with van der Waals surface area (Å²) >= 11 is 0. The summed E-state index contributed by atoms with van der Waals surface area (Å²) in [6, 6.07) is 10.2. The monoisotopic (exact) mass is 475 g/mol. The maximum absolute atomic E-state index is 12.6. The largest absolute Gasteiger partial charge is 0.459 e. The van der Waals surface area contributed by atoms with Gasteiger partial charge in [0, 0.05) is 34.8 Å². The lowest BCUT2D eigenvalue weighted by atomic mass is 10.1. The van der Waals surface area contributed by atoms with E-state index in [-0.39, 0.29) is 22.8 Å². The number of ether oxygens (including phenoxy) is 1. The van der Waals surface area contributed by atoms with Crippen LogP contribution in [0.15, 0.2) is 70.4 Å². The molecule has 4 rings (SSSR count). The lowest BCUT2D eigenvalue weighted by Gasteiger charge is -2.15. The number of aromatic nitrogens is 1. The number of rotatable bonds is 4. The van der Waals surface area contributed by atoms with Gasteiger partial charge in [0.2, 0.25) is 0 Å². The molecule has 8 nitrogen and oxygen atoms in total. The first-order valence-electron chi connectivity index (χ1n) is 10.4. The molecule has 0 saturated carbocycles. The van der Waals surface area contributed by atoms with Crippen LogP contribution in [0.25, 0.3) is 6.08 Å². The average Bonchev–Trinajstić information content (AvgIpc) is 3.33. The number of benzene rings is 1. The van der Waals surface area contributed by atoms with E-state index in [0.717, 1.165) is 0 Å². The Hall–Kier alpha value is -4.00. The van der Waals surface area contributed by atoms with Gasteiger partial charge in [-0.3, -0.25) is 14.6 Å². The number of hydrogen-bond donors (Lipinski definition) is 1. The van der Waals surface area contributed by atoms with Crippen molar-refractivity contribution in [2.24, 2.45) is 4.36 Å². The Labute approximate surface area is 197 Å². The molecule has 3 heterocycles. The van der Waals surface area contributed by atoms with Crippen LogP contribution < -0.4 is 5.32 Å². The molecule has 0 spiro atoms. The zero-order valence-corrected chi connectivity index (χ0v) is 19.0. The Morgan fingerprint density at radius 3 is 2.71 bits per heavy atom. The zero-order valence-electron chi connectivity index (χ0n) is 18.2. The van der Waals surface area contributed by atoms with Gasteiger partial charge in [0.15, 0.2) is 5.76 Å². The van der Waals surface area contributed by atoms with Crippen LogP contribution >= 0.6 is 0 Å². The molecule has 2 aromatic heterocycles. The number of nitrogens with zero attached hydrogens (tertiary/aromatic N) is 2. The highest BCUT2D eigenvalue weighted by Gasteiger charge is 2.18. The van der Waals surface area contributed by atoms with E-state index < -0.39 is 21.5 Å². The fraction of sp³-hybridized carbons (Fsp3) is 0.160. The van der Waals surface area contributed by atoms with Crippen LogP contribution in [0, 0.1) is 11.8 Å². The number of anilines is 1. The molecule has 1 aliphatic rings. The number of hydrogen-bond acceptors (Lipinski definition) is 6. The molecule has 1 N–H and O–H groups in total. The highest BCUT2D eigenvalue weighted by Crippen LogP contribution is 2.16. The maximum atomic E-state index is 12.6. The minimum absolute atomic E-state index is 0.173. The van der Waals surface area contributed by atoms with Crippen molar-refractivity contribution in [1.82, 2.24) is 4.98 Å². The topological polar surface area (TPSA) is 111 Å². The van der Waals surface area contributed by atoms with E-state index in [1.54, 1.807) is 42.5 Å². The highest BCUT2D eigenvalue weighted by molar-refractivity contribution is 7.94. The number of carbonyl (C=O) groups excluding carboxylic acids is 2. The molecule has 172 valence electrons. The fourth-order valence-electron chi connectivity index (χ4n) is 3.17. The molecule has 0 unspecified atom stereocenters. The van der Waals surface area contributed by atoms with E-state index in [1.165, 1.54) is 18.7 Å². The van der Waals surface area contributed by atoms with Gasteiger partial charge >= 0.3 is 0 Å². The SMILES string of the molecule is C=Cc1ccoc1C(=O)Nc1cccc(C#Cc2cncc(C(=O)N=S3(=O)CCOCC3)c2)c1. The number of amides is 2. The molecule has 0 radical (unpaired) electrons. The Morgan fingerprint density at radius 1 is 1.12 bits per heavy atom. The lowest BCUT2D eigenvalue weighted by Crippen LogP contribution is -2.26. The van der Waals surface area contributed by atoms with Crippen molar-refractivity contribution < 1.29 is 23.0 Å². The Bertz CT molecular complexity index is 1430. The van der Waals surface area contributed by atoms with Crippen LogP contribution in [-0.2, 0) is 14.5 Å². The molecule has 0 atom stereocenters. The third-order valence-electron chi connectivity index (χ3n) is 4.92. The Kier molecular flexibility index (Phi) is 7.01. The van der Waals surface area contributed by atoms with Crippen LogP contribution in [0.3, 0.4) is 0 Å². The van der Waals surface area contributed by atoms with E-state index >= 15 is 0 Å². The van der Waals surface area contributed by atoms with E-state index in [4.69, 9.17) is 9.15 Å². The van der Waals surface area contributed by atoms with Crippen molar-refractivity contribution in [1.29, 1.82) is 0 Å². The second kappa shape index (κ2) is 10.3. The molecular weight excluding hydrogens is 454 g/mol. The molecule has 0 aliphatic carbocycles. The predicted molar refractivity (Wildman–Crippen MR) is 129 cm³/mol. The van der Waals surface area contributed by atoms with Gasteiger partial charge in [0.1, 0.15) is 0 Å². The molecule has 9 heteroatoms. The minimum atomic E-state index is -2.60. The summed E-state index contributed by atoms with van der Waals surface area (Å²) in [5.41, 5.74) is 2.52.